The summed E-state index contributed by atoms with van der Waals surface area (Å²) in [5.41, 5.74) is 0.120. The summed E-state index contributed by atoms with van der Waals surface area (Å²) < 4.78 is 47.1. The zero-order valence-electron chi connectivity index (χ0n) is 16.3. The van der Waals surface area contributed by atoms with Crippen LogP contribution >= 0.6 is 0 Å². The largest absolute Gasteiger partial charge is 0.490 e. The summed E-state index contributed by atoms with van der Waals surface area (Å²) in [6.07, 6.45) is -1.97. The fourth-order valence-electron chi connectivity index (χ4n) is 4.57. The Bertz CT molecular complexity index is 1150. The first-order valence-electron chi connectivity index (χ1n) is 10.0. The number of rotatable bonds is 3. The van der Waals surface area contributed by atoms with Crippen molar-refractivity contribution in [2.75, 3.05) is 0 Å². The van der Waals surface area contributed by atoms with Gasteiger partial charge in [-0.05, 0) is 43.5 Å². The highest BCUT2D eigenvalue weighted by molar-refractivity contribution is 6.21. The summed E-state index contributed by atoms with van der Waals surface area (Å²) >= 11 is 0. The number of hydrogen-bond donors (Lipinski definition) is 1. The molecule has 1 aliphatic heterocycles. The highest BCUT2D eigenvalue weighted by atomic mass is 19.4. The van der Waals surface area contributed by atoms with Crippen molar-refractivity contribution < 1.29 is 27.5 Å². The van der Waals surface area contributed by atoms with Crippen LogP contribution in [0.5, 0.6) is 5.75 Å². The minimum Gasteiger partial charge on any atom is -0.490 e. The Hall–Kier alpha value is -3.36. The highest BCUT2D eigenvalue weighted by Gasteiger charge is 2.42. The van der Waals surface area contributed by atoms with Gasteiger partial charge in [-0.25, -0.2) is 0 Å². The molecule has 2 heterocycles. The molecule has 160 valence electrons. The van der Waals surface area contributed by atoms with E-state index in [-0.39, 0.29) is 34.9 Å². The van der Waals surface area contributed by atoms with E-state index in [2.05, 4.69) is 10.2 Å². The van der Waals surface area contributed by atoms with Crippen molar-refractivity contribution >= 4 is 22.7 Å². The predicted octanol–water partition coefficient (Wildman–Crippen LogP) is 4.57. The van der Waals surface area contributed by atoms with Gasteiger partial charge in [0.2, 0.25) is 0 Å². The third-order valence-corrected chi connectivity index (χ3v) is 5.95. The maximum atomic E-state index is 13.8. The SMILES string of the molecule is O=C1c2ccccc2C(=O)N1[C@H]1CCC[C@H](Oc2ccc3[nH]ncc3c2C(F)(F)F)C1. The third kappa shape index (κ3) is 3.24. The number of ether oxygens (including phenoxy) is 1. The summed E-state index contributed by atoms with van der Waals surface area (Å²) in [6.45, 7) is 0. The van der Waals surface area contributed by atoms with E-state index in [0.29, 0.717) is 30.4 Å². The average Bonchev–Trinajstić information content (AvgIpc) is 3.30. The summed E-state index contributed by atoms with van der Waals surface area (Å²) in [7, 11) is 0. The molecule has 2 aromatic carbocycles. The second-order valence-corrected chi connectivity index (χ2v) is 7.85. The van der Waals surface area contributed by atoms with Gasteiger partial charge < -0.3 is 4.74 Å². The van der Waals surface area contributed by atoms with Gasteiger partial charge in [-0.3, -0.25) is 19.6 Å². The van der Waals surface area contributed by atoms with Crippen molar-refractivity contribution in [3.63, 3.8) is 0 Å². The Morgan fingerprint density at radius 1 is 1.03 bits per heavy atom. The van der Waals surface area contributed by atoms with E-state index in [9.17, 15) is 22.8 Å². The van der Waals surface area contributed by atoms with Crippen molar-refractivity contribution in [1.82, 2.24) is 15.1 Å². The monoisotopic (exact) mass is 429 g/mol. The lowest BCUT2D eigenvalue weighted by atomic mass is 9.91. The number of aromatic nitrogens is 2. The van der Waals surface area contributed by atoms with E-state index >= 15 is 0 Å². The van der Waals surface area contributed by atoms with Gasteiger partial charge in [-0.1, -0.05) is 12.1 Å². The summed E-state index contributed by atoms with van der Waals surface area (Å²) in [4.78, 5) is 26.8. The fraction of sp³-hybridized carbons (Fsp3) is 0.318. The lowest BCUT2D eigenvalue weighted by Crippen LogP contribution is -2.44. The predicted molar refractivity (Wildman–Crippen MR) is 105 cm³/mol. The molecule has 1 aromatic heterocycles. The van der Waals surface area contributed by atoms with Crippen molar-refractivity contribution in [1.29, 1.82) is 0 Å². The minimum atomic E-state index is -4.62. The van der Waals surface area contributed by atoms with Gasteiger partial charge in [0.25, 0.3) is 11.8 Å². The Labute approximate surface area is 175 Å². The Balaban J connectivity index is 1.40. The first-order chi connectivity index (χ1) is 14.8. The molecule has 6 nitrogen and oxygen atoms in total. The second-order valence-electron chi connectivity index (χ2n) is 7.85. The molecular weight excluding hydrogens is 411 g/mol. The van der Waals surface area contributed by atoms with Gasteiger partial charge in [-0.2, -0.15) is 18.3 Å². The standard InChI is InChI=1S/C22H18F3N3O3/c23-22(24,25)19-16-11-26-27-17(16)8-9-18(19)31-13-5-3-4-12(10-13)28-20(29)14-6-1-2-7-15(14)21(28)30/h1-2,6-9,11-13H,3-5,10H2,(H,26,27)/t12-,13-/m0/s1. The van der Waals surface area contributed by atoms with Crippen molar-refractivity contribution in [2.45, 2.75) is 44.0 Å². The number of halogens is 3. The normalized spacial score (nSPS) is 21.6. The maximum Gasteiger partial charge on any atom is 0.420 e. The number of benzene rings is 2. The Morgan fingerprint density at radius 2 is 1.74 bits per heavy atom. The molecule has 31 heavy (non-hydrogen) atoms. The number of carbonyl (C=O) groups excluding carboxylic acids is 2. The first kappa shape index (κ1) is 19.6. The van der Waals surface area contributed by atoms with Crippen molar-refractivity contribution in [3.8, 4) is 5.75 Å². The molecule has 1 N–H and O–H groups in total. The number of amides is 2. The average molecular weight is 429 g/mol. The molecule has 0 bridgehead atoms. The van der Waals surface area contributed by atoms with Crippen LogP contribution in [-0.2, 0) is 6.18 Å². The van der Waals surface area contributed by atoms with Crippen molar-refractivity contribution in [3.05, 3.63) is 59.3 Å². The van der Waals surface area contributed by atoms with Crippen LogP contribution in [0, 0.1) is 0 Å². The number of imide groups is 1. The van der Waals surface area contributed by atoms with Crippen LogP contribution in [0.1, 0.15) is 52.0 Å². The smallest absolute Gasteiger partial charge is 0.420 e. The van der Waals surface area contributed by atoms with E-state index in [1.165, 1.54) is 17.0 Å². The molecule has 2 amide bonds. The quantitative estimate of drug-likeness (QED) is 0.619. The first-order valence-corrected chi connectivity index (χ1v) is 10.0. The molecule has 0 spiro atoms. The molecule has 5 rings (SSSR count). The molecule has 0 unspecified atom stereocenters. The van der Waals surface area contributed by atoms with Crippen LogP contribution in [-0.4, -0.2) is 39.1 Å². The van der Waals surface area contributed by atoms with Gasteiger partial charge in [0.15, 0.2) is 0 Å². The molecule has 1 saturated carbocycles. The molecule has 9 heteroatoms. The van der Waals surface area contributed by atoms with Gasteiger partial charge in [-0.15, -0.1) is 0 Å². The number of H-pyrrole nitrogens is 1. The zero-order valence-corrected chi connectivity index (χ0v) is 16.3. The van der Waals surface area contributed by atoms with Gasteiger partial charge in [0, 0.05) is 17.8 Å². The summed E-state index contributed by atoms with van der Waals surface area (Å²) in [5.74, 6) is -0.987. The van der Waals surface area contributed by atoms with Crippen LogP contribution in [0.15, 0.2) is 42.6 Å². The zero-order chi connectivity index (χ0) is 21.8. The molecule has 0 saturated heterocycles. The number of carbonyl (C=O) groups is 2. The van der Waals surface area contributed by atoms with E-state index < -0.39 is 23.9 Å². The molecule has 1 aliphatic carbocycles. The van der Waals surface area contributed by atoms with E-state index in [1.54, 1.807) is 24.3 Å². The third-order valence-electron chi connectivity index (χ3n) is 5.95. The molecule has 2 atom stereocenters. The molecule has 2 aliphatic rings. The molecule has 0 radical (unpaired) electrons. The van der Waals surface area contributed by atoms with Gasteiger partial charge >= 0.3 is 6.18 Å². The lowest BCUT2D eigenvalue weighted by Gasteiger charge is -2.34. The van der Waals surface area contributed by atoms with Gasteiger partial charge in [0.05, 0.1) is 22.8 Å². The highest BCUT2D eigenvalue weighted by Crippen LogP contribution is 2.42. The number of alkyl halides is 3. The number of nitrogens with zero attached hydrogens (tertiary/aromatic N) is 2. The van der Waals surface area contributed by atoms with E-state index in [0.717, 1.165) is 6.20 Å². The second kappa shape index (κ2) is 7.11. The molecule has 3 aromatic rings. The van der Waals surface area contributed by atoms with Crippen LogP contribution < -0.4 is 4.74 Å². The van der Waals surface area contributed by atoms with Crippen LogP contribution in [0.2, 0.25) is 0 Å². The maximum absolute atomic E-state index is 13.8. The number of fused-ring (bicyclic) bond motifs is 2. The van der Waals surface area contributed by atoms with Crippen LogP contribution in [0.4, 0.5) is 13.2 Å². The molecular formula is C22H18F3N3O3. The fourth-order valence-corrected chi connectivity index (χ4v) is 4.57. The minimum absolute atomic E-state index is 0.0577. The molecule has 1 fully saturated rings. The number of aromatic amines is 1. The lowest BCUT2D eigenvalue weighted by molar-refractivity contribution is -0.138. The van der Waals surface area contributed by atoms with Crippen LogP contribution in [0.25, 0.3) is 10.9 Å². The van der Waals surface area contributed by atoms with Crippen LogP contribution in [0.3, 0.4) is 0 Å². The van der Waals surface area contributed by atoms with E-state index in [1.807, 2.05) is 0 Å². The van der Waals surface area contributed by atoms with E-state index in [4.69, 9.17) is 4.74 Å². The Kier molecular flexibility index (Phi) is 4.49. The summed E-state index contributed by atoms with van der Waals surface area (Å²) in [5, 5.41) is 6.18. The number of hydrogen-bond acceptors (Lipinski definition) is 4. The van der Waals surface area contributed by atoms with Gasteiger partial charge in [0.1, 0.15) is 17.4 Å². The number of nitrogens with one attached hydrogen (secondary N) is 1. The topological polar surface area (TPSA) is 75.3 Å². The Morgan fingerprint density at radius 3 is 2.42 bits per heavy atom. The van der Waals surface area contributed by atoms with Crippen molar-refractivity contribution in [2.24, 2.45) is 0 Å². The summed E-state index contributed by atoms with van der Waals surface area (Å²) in [6, 6.07) is 8.99.